The zero-order chi connectivity index (χ0) is 17.3. The molecule has 1 aliphatic rings. The quantitative estimate of drug-likeness (QED) is 0.256. The highest BCUT2D eigenvalue weighted by Crippen LogP contribution is 2.14. The third-order valence-electron chi connectivity index (χ3n) is 4.01. The summed E-state index contributed by atoms with van der Waals surface area (Å²) in [6, 6.07) is 0. The average molecular weight is 338 g/mol. The smallest absolute Gasteiger partial charge is 0.306 e. The SMILES string of the molecule is C=CCOC(=O)CCCCCCC/C=C\CCOC1CCCCO1. The van der Waals surface area contributed by atoms with E-state index < -0.39 is 0 Å². The van der Waals surface area contributed by atoms with Gasteiger partial charge < -0.3 is 14.2 Å². The molecule has 0 aliphatic carbocycles. The topological polar surface area (TPSA) is 44.8 Å². The van der Waals surface area contributed by atoms with E-state index in [2.05, 4.69) is 18.7 Å². The fraction of sp³-hybridized carbons (Fsp3) is 0.750. The number of carbonyl (C=O) groups is 1. The van der Waals surface area contributed by atoms with E-state index in [0.717, 1.165) is 45.3 Å². The Bertz CT molecular complexity index is 346. The van der Waals surface area contributed by atoms with Crippen LogP contribution >= 0.6 is 0 Å². The van der Waals surface area contributed by atoms with Gasteiger partial charge in [0.15, 0.2) is 6.29 Å². The second kappa shape index (κ2) is 15.4. The summed E-state index contributed by atoms with van der Waals surface area (Å²) >= 11 is 0. The highest BCUT2D eigenvalue weighted by Gasteiger charge is 2.12. The molecule has 0 saturated carbocycles. The summed E-state index contributed by atoms with van der Waals surface area (Å²) in [6.45, 7) is 5.44. The molecule has 138 valence electrons. The molecule has 0 N–H and O–H groups in total. The van der Waals surface area contributed by atoms with Gasteiger partial charge in [0.1, 0.15) is 6.61 Å². The van der Waals surface area contributed by atoms with Crippen LogP contribution in [0.25, 0.3) is 0 Å². The Kier molecular flexibility index (Phi) is 13.4. The number of allylic oxidation sites excluding steroid dienone is 1. The first-order valence-electron chi connectivity index (χ1n) is 9.47. The van der Waals surface area contributed by atoms with Crippen molar-refractivity contribution >= 4 is 5.97 Å². The summed E-state index contributed by atoms with van der Waals surface area (Å²) in [5.74, 6) is -0.112. The van der Waals surface area contributed by atoms with Crippen molar-refractivity contribution < 1.29 is 19.0 Å². The van der Waals surface area contributed by atoms with Crippen molar-refractivity contribution in [3.05, 3.63) is 24.8 Å². The van der Waals surface area contributed by atoms with Crippen LogP contribution in [-0.2, 0) is 19.0 Å². The molecular weight excluding hydrogens is 304 g/mol. The highest BCUT2D eigenvalue weighted by molar-refractivity contribution is 5.69. The summed E-state index contributed by atoms with van der Waals surface area (Å²) in [7, 11) is 0. The number of esters is 1. The predicted molar refractivity (Wildman–Crippen MR) is 96.8 cm³/mol. The number of hydrogen-bond acceptors (Lipinski definition) is 4. The first-order chi connectivity index (χ1) is 11.8. The molecule has 1 unspecified atom stereocenters. The maximum atomic E-state index is 11.3. The molecule has 0 aromatic heterocycles. The highest BCUT2D eigenvalue weighted by atomic mass is 16.7. The molecule has 4 heteroatoms. The van der Waals surface area contributed by atoms with Crippen molar-refractivity contribution in [3.63, 3.8) is 0 Å². The molecule has 4 nitrogen and oxygen atoms in total. The predicted octanol–water partition coefficient (Wildman–Crippen LogP) is 4.94. The zero-order valence-electron chi connectivity index (χ0n) is 15.0. The fourth-order valence-corrected chi connectivity index (χ4v) is 2.63. The van der Waals surface area contributed by atoms with Crippen LogP contribution in [0, 0.1) is 0 Å². The van der Waals surface area contributed by atoms with E-state index in [0.29, 0.717) is 13.0 Å². The average Bonchev–Trinajstić information content (AvgIpc) is 2.61. The van der Waals surface area contributed by atoms with E-state index in [9.17, 15) is 4.79 Å². The number of unbranched alkanes of at least 4 members (excludes halogenated alkanes) is 5. The summed E-state index contributed by atoms with van der Waals surface area (Å²) in [6.07, 6.45) is 17.8. The van der Waals surface area contributed by atoms with Gasteiger partial charge in [-0.1, -0.05) is 44.1 Å². The van der Waals surface area contributed by atoms with Crippen LogP contribution in [0.3, 0.4) is 0 Å². The normalized spacial score (nSPS) is 17.9. The first-order valence-corrected chi connectivity index (χ1v) is 9.47. The van der Waals surface area contributed by atoms with Gasteiger partial charge in [0.05, 0.1) is 6.61 Å². The molecule has 1 aliphatic heterocycles. The number of carbonyl (C=O) groups excluding carboxylic acids is 1. The molecular formula is C20H34O4. The van der Waals surface area contributed by atoms with E-state index in [4.69, 9.17) is 14.2 Å². The Balaban J connectivity index is 1.79. The molecule has 24 heavy (non-hydrogen) atoms. The summed E-state index contributed by atoms with van der Waals surface area (Å²) in [4.78, 5) is 11.3. The van der Waals surface area contributed by atoms with E-state index in [1.807, 2.05) is 0 Å². The van der Waals surface area contributed by atoms with Gasteiger partial charge in [0.25, 0.3) is 0 Å². The van der Waals surface area contributed by atoms with E-state index >= 15 is 0 Å². The Hall–Kier alpha value is -1.13. The van der Waals surface area contributed by atoms with Crippen LogP contribution in [0.2, 0.25) is 0 Å². The van der Waals surface area contributed by atoms with Crippen LogP contribution in [0.5, 0.6) is 0 Å². The Morgan fingerprint density at radius 1 is 1.08 bits per heavy atom. The lowest BCUT2D eigenvalue weighted by molar-refractivity contribution is -0.161. The van der Waals surface area contributed by atoms with Crippen LogP contribution in [0.1, 0.15) is 70.6 Å². The second-order valence-corrected chi connectivity index (χ2v) is 6.21. The van der Waals surface area contributed by atoms with E-state index in [-0.39, 0.29) is 12.3 Å². The largest absolute Gasteiger partial charge is 0.461 e. The van der Waals surface area contributed by atoms with Gasteiger partial charge in [-0.15, -0.1) is 0 Å². The lowest BCUT2D eigenvalue weighted by Crippen LogP contribution is -2.22. The standard InChI is InChI=1S/C20H34O4/c1-2-16-22-19(21)14-10-8-6-4-3-5-7-9-12-17-23-20-15-11-13-18-24-20/h2,7,9,20H,1,3-6,8,10-18H2/b9-7-. The minimum absolute atomic E-state index is 0.0289. The van der Waals surface area contributed by atoms with Gasteiger partial charge in [0, 0.05) is 13.0 Å². The molecule has 0 spiro atoms. The van der Waals surface area contributed by atoms with Crippen molar-refractivity contribution in [1.29, 1.82) is 0 Å². The second-order valence-electron chi connectivity index (χ2n) is 6.21. The van der Waals surface area contributed by atoms with Crippen LogP contribution < -0.4 is 0 Å². The summed E-state index contributed by atoms with van der Waals surface area (Å²) in [5, 5.41) is 0. The first kappa shape index (κ1) is 20.9. The summed E-state index contributed by atoms with van der Waals surface area (Å²) < 4.78 is 16.1. The molecule has 1 saturated heterocycles. The maximum absolute atomic E-state index is 11.3. The number of hydrogen-bond donors (Lipinski definition) is 0. The molecule has 1 rings (SSSR count). The Morgan fingerprint density at radius 3 is 2.67 bits per heavy atom. The number of ether oxygens (including phenoxy) is 3. The van der Waals surface area contributed by atoms with Crippen molar-refractivity contribution in [2.75, 3.05) is 19.8 Å². The van der Waals surface area contributed by atoms with E-state index in [1.165, 1.54) is 32.1 Å². The monoisotopic (exact) mass is 338 g/mol. The van der Waals surface area contributed by atoms with Crippen LogP contribution in [-0.4, -0.2) is 32.1 Å². The molecule has 0 aromatic rings. The molecule has 1 atom stereocenters. The molecule has 0 amide bonds. The summed E-state index contributed by atoms with van der Waals surface area (Å²) in [5.41, 5.74) is 0. The maximum Gasteiger partial charge on any atom is 0.306 e. The fourth-order valence-electron chi connectivity index (χ4n) is 2.63. The molecule has 0 bridgehead atoms. The third-order valence-corrected chi connectivity index (χ3v) is 4.01. The molecule has 1 fully saturated rings. The van der Waals surface area contributed by atoms with Crippen LogP contribution in [0.4, 0.5) is 0 Å². The lowest BCUT2D eigenvalue weighted by Gasteiger charge is -2.22. The van der Waals surface area contributed by atoms with Gasteiger partial charge in [0.2, 0.25) is 0 Å². The van der Waals surface area contributed by atoms with Crippen molar-refractivity contribution in [2.45, 2.75) is 76.9 Å². The molecule has 0 radical (unpaired) electrons. The zero-order valence-corrected chi connectivity index (χ0v) is 15.0. The van der Waals surface area contributed by atoms with Gasteiger partial charge >= 0.3 is 5.97 Å². The van der Waals surface area contributed by atoms with E-state index in [1.54, 1.807) is 6.08 Å². The Labute approximate surface area is 147 Å². The van der Waals surface area contributed by atoms with Crippen LogP contribution in [0.15, 0.2) is 24.8 Å². The van der Waals surface area contributed by atoms with Crippen molar-refractivity contribution in [2.24, 2.45) is 0 Å². The number of rotatable bonds is 14. The van der Waals surface area contributed by atoms with Gasteiger partial charge in [-0.2, -0.15) is 0 Å². The third kappa shape index (κ3) is 12.3. The minimum Gasteiger partial charge on any atom is -0.461 e. The van der Waals surface area contributed by atoms with Gasteiger partial charge in [-0.05, 0) is 44.9 Å². The minimum atomic E-state index is -0.112. The van der Waals surface area contributed by atoms with Gasteiger partial charge in [-0.25, -0.2) is 0 Å². The molecule has 0 aromatic carbocycles. The van der Waals surface area contributed by atoms with Crippen molar-refractivity contribution in [1.82, 2.24) is 0 Å². The van der Waals surface area contributed by atoms with Crippen molar-refractivity contribution in [3.8, 4) is 0 Å². The Morgan fingerprint density at radius 2 is 1.88 bits per heavy atom. The molecule has 1 heterocycles. The lowest BCUT2D eigenvalue weighted by atomic mass is 10.1. The van der Waals surface area contributed by atoms with Gasteiger partial charge in [-0.3, -0.25) is 4.79 Å².